The molecular weight excluding hydrogens is 222 g/mol. The summed E-state index contributed by atoms with van der Waals surface area (Å²) < 4.78 is 0. The molecule has 3 unspecified atom stereocenters. The summed E-state index contributed by atoms with van der Waals surface area (Å²) >= 11 is 0. The Bertz CT molecular complexity index is 403. The van der Waals surface area contributed by atoms with Crippen LogP contribution in [0.15, 0.2) is 18.2 Å². The molecule has 0 amide bonds. The lowest BCUT2D eigenvalue weighted by Crippen LogP contribution is -2.35. The van der Waals surface area contributed by atoms with E-state index < -0.39 is 0 Å². The number of hydrogen-bond donors (Lipinski definition) is 3. The third-order valence-electron chi connectivity index (χ3n) is 4.03. The highest BCUT2D eigenvalue weighted by Gasteiger charge is 2.25. The molecule has 4 N–H and O–H groups in total. The number of rotatable bonds is 4. The van der Waals surface area contributed by atoms with Gasteiger partial charge in [0.25, 0.3) is 0 Å². The molecule has 1 aliphatic rings. The van der Waals surface area contributed by atoms with E-state index in [2.05, 4.69) is 49.8 Å². The number of nitrogens with two attached hydrogens (primary N) is 1. The third kappa shape index (κ3) is 3.10. The molecule has 1 aliphatic heterocycles. The van der Waals surface area contributed by atoms with Crippen molar-refractivity contribution in [2.24, 2.45) is 5.73 Å². The first-order chi connectivity index (χ1) is 8.60. The molecule has 3 heteroatoms. The molecule has 1 saturated heterocycles. The van der Waals surface area contributed by atoms with Crippen LogP contribution in [-0.2, 0) is 0 Å². The summed E-state index contributed by atoms with van der Waals surface area (Å²) in [6.07, 6.45) is 3.22. The van der Waals surface area contributed by atoms with Crippen molar-refractivity contribution < 1.29 is 0 Å². The summed E-state index contributed by atoms with van der Waals surface area (Å²) in [4.78, 5) is 0. The minimum atomic E-state index is 0.308. The Kier molecular flexibility index (Phi) is 4.38. The van der Waals surface area contributed by atoms with Gasteiger partial charge in [-0.25, -0.2) is 0 Å². The number of hydrazine groups is 1. The highest BCUT2D eigenvalue weighted by molar-refractivity contribution is 5.32. The average molecular weight is 247 g/mol. The number of aryl methyl sites for hydroxylation is 2. The Labute approximate surface area is 110 Å². The fourth-order valence-electron chi connectivity index (χ4n) is 2.51. The first-order valence-electron chi connectivity index (χ1n) is 6.94. The van der Waals surface area contributed by atoms with Gasteiger partial charge >= 0.3 is 0 Å². The molecule has 1 fully saturated rings. The minimum Gasteiger partial charge on any atom is -0.328 e. The zero-order valence-corrected chi connectivity index (χ0v) is 11.7. The quantitative estimate of drug-likeness (QED) is 0.765. The fourth-order valence-corrected chi connectivity index (χ4v) is 2.51. The second-order valence-electron chi connectivity index (χ2n) is 5.52. The standard InChI is InChI=1S/C15H25N3/c1-4-13(16)8-14-9-15(18-17-14)12-6-5-10(2)11(3)7-12/h5-7,13-15,17-18H,4,8-9,16H2,1-3H3. The molecular formula is C15H25N3. The van der Waals surface area contributed by atoms with Crippen LogP contribution in [0.25, 0.3) is 0 Å². The first kappa shape index (κ1) is 13.5. The molecule has 2 rings (SSSR count). The van der Waals surface area contributed by atoms with Crippen LogP contribution < -0.4 is 16.6 Å². The van der Waals surface area contributed by atoms with Crippen molar-refractivity contribution in [1.29, 1.82) is 0 Å². The van der Waals surface area contributed by atoms with E-state index in [0.29, 0.717) is 18.1 Å². The fraction of sp³-hybridized carbons (Fsp3) is 0.600. The molecule has 3 nitrogen and oxygen atoms in total. The van der Waals surface area contributed by atoms with Gasteiger partial charge in [-0.2, -0.15) is 0 Å². The molecule has 1 aromatic rings. The van der Waals surface area contributed by atoms with Crippen LogP contribution in [0.5, 0.6) is 0 Å². The van der Waals surface area contributed by atoms with E-state index in [4.69, 9.17) is 5.73 Å². The van der Waals surface area contributed by atoms with E-state index in [9.17, 15) is 0 Å². The second kappa shape index (κ2) is 5.83. The zero-order chi connectivity index (χ0) is 13.1. The average Bonchev–Trinajstić information content (AvgIpc) is 2.81. The molecule has 3 atom stereocenters. The van der Waals surface area contributed by atoms with E-state index in [1.165, 1.54) is 16.7 Å². The van der Waals surface area contributed by atoms with E-state index in [-0.39, 0.29) is 0 Å². The van der Waals surface area contributed by atoms with Crippen LogP contribution in [-0.4, -0.2) is 12.1 Å². The maximum atomic E-state index is 6.01. The van der Waals surface area contributed by atoms with Gasteiger partial charge in [0.15, 0.2) is 0 Å². The first-order valence-corrected chi connectivity index (χ1v) is 6.94. The molecule has 1 heterocycles. The summed E-state index contributed by atoms with van der Waals surface area (Å²) in [5.74, 6) is 0. The Morgan fingerprint density at radius 2 is 2.06 bits per heavy atom. The van der Waals surface area contributed by atoms with Crippen molar-refractivity contribution >= 4 is 0 Å². The van der Waals surface area contributed by atoms with Crippen LogP contribution in [0.3, 0.4) is 0 Å². The van der Waals surface area contributed by atoms with Crippen LogP contribution in [0.1, 0.15) is 48.9 Å². The largest absolute Gasteiger partial charge is 0.328 e. The molecule has 1 aromatic carbocycles. The second-order valence-corrected chi connectivity index (χ2v) is 5.52. The highest BCUT2D eigenvalue weighted by atomic mass is 15.4. The van der Waals surface area contributed by atoms with E-state index in [1.54, 1.807) is 0 Å². The van der Waals surface area contributed by atoms with Gasteiger partial charge in [-0.1, -0.05) is 25.1 Å². The molecule has 0 spiro atoms. The van der Waals surface area contributed by atoms with Crippen molar-refractivity contribution in [3.63, 3.8) is 0 Å². The summed E-state index contributed by atoms with van der Waals surface area (Å²) in [6.45, 7) is 6.47. The van der Waals surface area contributed by atoms with Gasteiger partial charge in [0.1, 0.15) is 0 Å². The summed E-state index contributed by atoms with van der Waals surface area (Å²) in [5, 5.41) is 0. The van der Waals surface area contributed by atoms with Gasteiger partial charge < -0.3 is 5.73 Å². The Hall–Kier alpha value is -0.900. The molecule has 0 aliphatic carbocycles. The maximum absolute atomic E-state index is 6.01. The predicted molar refractivity (Wildman–Crippen MR) is 76.2 cm³/mol. The van der Waals surface area contributed by atoms with Crippen LogP contribution in [0.2, 0.25) is 0 Å². The van der Waals surface area contributed by atoms with Gasteiger partial charge in [-0.3, -0.25) is 10.9 Å². The molecule has 0 bridgehead atoms. The molecule has 0 aromatic heterocycles. The van der Waals surface area contributed by atoms with Crippen molar-refractivity contribution in [3.8, 4) is 0 Å². The Balaban J connectivity index is 1.97. The molecule has 18 heavy (non-hydrogen) atoms. The topological polar surface area (TPSA) is 50.1 Å². The minimum absolute atomic E-state index is 0.308. The van der Waals surface area contributed by atoms with Crippen molar-refractivity contribution in [2.75, 3.05) is 0 Å². The summed E-state index contributed by atoms with van der Waals surface area (Å²) in [7, 11) is 0. The number of benzene rings is 1. The number of nitrogens with one attached hydrogen (secondary N) is 2. The van der Waals surface area contributed by atoms with Gasteiger partial charge in [0.2, 0.25) is 0 Å². The maximum Gasteiger partial charge on any atom is 0.0477 e. The molecule has 0 radical (unpaired) electrons. The Morgan fingerprint density at radius 3 is 2.72 bits per heavy atom. The highest BCUT2D eigenvalue weighted by Crippen LogP contribution is 2.25. The van der Waals surface area contributed by atoms with E-state index >= 15 is 0 Å². The van der Waals surface area contributed by atoms with Gasteiger partial charge in [-0.15, -0.1) is 0 Å². The van der Waals surface area contributed by atoms with Gasteiger partial charge in [0.05, 0.1) is 0 Å². The number of hydrogen-bond acceptors (Lipinski definition) is 3. The smallest absolute Gasteiger partial charge is 0.0477 e. The monoisotopic (exact) mass is 247 g/mol. The van der Waals surface area contributed by atoms with Crippen LogP contribution in [0.4, 0.5) is 0 Å². The molecule has 100 valence electrons. The van der Waals surface area contributed by atoms with Crippen molar-refractivity contribution in [3.05, 3.63) is 34.9 Å². The van der Waals surface area contributed by atoms with Crippen molar-refractivity contribution in [2.45, 2.75) is 58.2 Å². The van der Waals surface area contributed by atoms with Crippen LogP contribution >= 0.6 is 0 Å². The van der Waals surface area contributed by atoms with E-state index in [1.807, 2.05) is 0 Å². The predicted octanol–water partition coefficient (Wildman–Crippen LogP) is 2.34. The molecule has 0 saturated carbocycles. The van der Waals surface area contributed by atoms with Gasteiger partial charge in [0, 0.05) is 18.1 Å². The normalized spacial score (nSPS) is 25.3. The van der Waals surface area contributed by atoms with Crippen molar-refractivity contribution in [1.82, 2.24) is 10.9 Å². The lowest BCUT2D eigenvalue weighted by atomic mass is 9.95. The lowest BCUT2D eigenvalue weighted by molar-refractivity contribution is 0.460. The summed E-state index contributed by atoms with van der Waals surface area (Å²) in [6, 6.07) is 7.94. The van der Waals surface area contributed by atoms with Gasteiger partial charge in [-0.05, 0) is 49.8 Å². The zero-order valence-electron chi connectivity index (χ0n) is 11.7. The third-order valence-corrected chi connectivity index (χ3v) is 4.03. The lowest BCUT2D eigenvalue weighted by Gasteiger charge is -2.14. The van der Waals surface area contributed by atoms with E-state index in [0.717, 1.165) is 19.3 Å². The Morgan fingerprint density at radius 1 is 1.28 bits per heavy atom. The summed E-state index contributed by atoms with van der Waals surface area (Å²) in [5.41, 5.74) is 16.9. The van der Waals surface area contributed by atoms with Crippen LogP contribution in [0, 0.1) is 13.8 Å². The SMILES string of the molecule is CCC(N)CC1CC(c2ccc(C)c(C)c2)NN1.